The first-order valence-corrected chi connectivity index (χ1v) is 5.42. The first-order chi connectivity index (χ1) is 7.70. The highest BCUT2D eigenvalue weighted by molar-refractivity contribution is 5.85. The summed E-state index contributed by atoms with van der Waals surface area (Å²) in [5.74, 6) is 0.0319. The van der Waals surface area contributed by atoms with Crippen LogP contribution < -0.4 is 5.73 Å². The zero-order valence-electron chi connectivity index (χ0n) is 9.43. The molecule has 1 aliphatic heterocycles. The fourth-order valence-corrected chi connectivity index (χ4v) is 2.00. The second-order valence-corrected chi connectivity index (χ2v) is 4.17. The van der Waals surface area contributed by atoms with Crippen LogP contribution in [0.4, 0.5) is 4.39 Å². The summed E-state index contributed by atoms with van der Waals surface area (Å²) in [6.07, 6.45) is 0.491. The normalized spacial score (nSPS) is 19.3. The minimum Gasteiger partial charge on any atom is -0.338 e. The molecule has 17 heavy (non-hydrogen) atoms. The lowest BCUT2D eigenvalue weighted by Crippen LogP contribution is -2.26. The third kappa shape index (κ3) is 3.17. The maximum atomic E-state index is 13.4. The van der Waals surface area contributed by atoms with Crippen molar-refractivity contribution in [3.8, 4) is 0 Å². The zero-order chi connectivity index (χ0) is 11.5. The van der Waals surface area contributed by atoms with E-state index in [4.69, 9.17) is 5.73 Å². The number of likely N-dealkylation sites (tertiary alicyclic amines) is 1. The summed E-state index contributed by atoms with van der Waals surface area (Å²) in [5, 5.41) is 0. The Balaban J connectivity index is 0.00000144. The largest absolute Gasteiger partial charge is 0.338 e. The van der Waals surface area contributed by atoms with Crippen LogP contribution in [0.15, 0.2) is 24.3 Å². The van der Waals surface area contributed by atoms with Gasteiger partial charge in [-0.1, -0.05) is 18.2 Å². The maximum absolute atomic E-state index is 13.4. The number of hydrogen-bond acceptors (Lipinski definition) is 2. The van der Waals surface area contributed by atoms with E-state index in [1.165, 1.54) is 6.07 Å². The predicted molar refractivity (Wildman–Crippen MR) is 66.2 cm³/mol. The number of carbonyl (C=O) groups excluding carboxylic acids is 1. The lowest BCUT2D eigenvalue weighted by atomic mass is 10.1. The summed E-state index contributed by atoms with van der Waals surface area (Å²) < 4.78 is 13.4. The van der Waals surface area contributed by atoms with E-state index in [9.17, 15) is 9.18 Å². The molecule has 0 spiro atoms. The van der Waals surface area contributed by atoms with Crippen molar-refractivity contribution < 1.29 is 9.18 Å². The van der Waals surface area contributed by atoms with E-state index in [-0.39, 0.29) is 30.0 Å². The first-order valence-electron chi connectivity index (χ1n) is 5.42. The van der Waals surface area contributed by atoms with Gasteiger partial charge in [0.05, 0.1) is 0 Å². The minimum atomic E-state index is -0.258. The Labute approximate surface area is 106 Å². The molecule has 1 aliphatic rings. The Morgan fingerprint density at radius 3 is 2.71 bits per heavy atom. The van der Waals surface area contributed by atoms with Gasteiger partial charge >= 0.3 is 0 Å². The SMILES string of the molecule is Cl.NCC1CC(=O)N(Cc2ccccc2F)C1. The highest BCUT2D eigenvalue weighted by Crippen LogP contribution is 2.20. The summed E-state index contributed by atoms with van der Waals surface area (Å²) in [5.41, 5.74) is 6.09. The van der Waals surface area contributed by atoms with Gasteiger partial charge in [0.25, 0.3) is 0 Å². The second kappa shape index (κ2) is 5.98. The van der Waals surface area contributed by atoms with E-state index in [0.29, 0.717) is 31.6 Å². The average Bonchev–Trinajstić information content (AvgIpc) is 2.63. The minimum absolute atomic E-state index is 0. The highest BCUT2D eigenvalue weighted by Gasteiger charge is 2.28. The lowest BCUT2D eigenvalue weighted by Gasteiger charge is -2.16. The van der Waals surface area contributed by atoms with Crippen molar-refractivity contribution in [1.82, 2.24) is 4.90 Å². The van der Waals surface area contributed by atoms with Crippen molar-refractivity contribution in [2.75, 3.05) is 13.1 Å². The predicted octanol–water partition coefficient (Wildman–Crippen LogP) is 1.55. The van der Waals surface area contributed by atoms with Gasteiger partial charge in [0.1, 0.15) is 5.82 Å². The summed E-state index contributed by atoms with van der Waals surface area (Å²) in [4.78, 5) is 13.3. The van der Waals surface area contributed by atoms with Crippen LogP contribution in [-0.2, 0) is 11.3 Å². The van der Waals surface area contributed by atoms with Gasteiger partial charge in [-0.2, -0.15) is 0 Å². The summed E-state index contributed by atoms with van der Waals surface area (Å²) in [7, 11) is 0. The third-order valence-corrected chi connectivity index (χ3v) is 2.95. The van der Waals surface area contributed by atoms with E-state index in [2.05, 4.69) is 0 Å². The Hall–Kier alpha value is -1.13. The number of halogens is 2. The summed E-state index contributed by atoms with van der Waals surface area (Å²) in [6, 6.07) is 6.54. The molecule has 0 aromatic heterocycles. The van der Waals surface area contributed by atoms with Crippen LogP contribution in [0.25, 0.3) is 0 Å². The van der Waals surface area contributed by atoms with Crippen LogP contribution in [0.5, 0.6) is 0 Å². The van der Waals surface area contributed by atoms with Gasteiger partial charge in [0.2, 0.25) is 5.91 Å². The van der Waals surface area contributed by atoms with Gasteiger partial charge in [-0.15, -0.1) is 12.4 Å². The van der Waals surface area contributed by atoms with Crippen molar-refractivity contribution in [3.63, 3.8) is 0 Å². The van der Waals surface area contributed by atoms with Crippen molar-refractivity contribution >= 4 is 18.3 Å². The van der Waals surface area contributed by atoms with E-state index in [1.54, 1.807) is 23.1 Å². The number of nitrogens with zero attached hydrogens (tertiary/aromatic N) is 1. The van der Waals surface area contributed by atoms with Gasteiger partial charge in [0, 0.05) is 25.1 Å². The summed E-state index contributed by atoms with van der Waals surface area (Å²) >= 11 is 0. The molecule has 1 aromatic carbocycles. The number of carbonyl (C=O) groups is 1. The first kappa shape index (κ1) is 13.9. The van der Waals surface area contributed by atoms with E-state index in [0.717, 1.165) is 0 Å². The van der Waals surface area contributed by atoms with Gasteiger partial charge in [-0.05, 0) is 18.5 Å². The molecular formula is C12H16ClFN2O. The molecule has 0 radical (unpaired) electrons. The number of rotatable bonds is 3. The monoisotopic (exact) mass is 258 g/mol. The standard InChI is InChI=1S/C12H15FN2O.ClH/c13-11-4-2-1-3-10(11)8-15-7-9(6-14)5-12(15)16;/h1-4,9H,5-8,14H2;1H. The van der Waals surface area contributed by atoms with Crippen LogP contribution in [0.1, 0.15) is 12.0 Å². The van der Waals surface area contributed by atoms with Crippen molar-refractivity contribution in [1.29, 1.82) is 0 Å². The third-order valence-electron chi connectivity index (χ3n) is 2.95. The van der Waals surface area contributed by atoms with E-state index in [1.807, 2.05) is 0 Å². The van der Waals surface area contributed by atoms with Crippen molar-refractivity contribution in [3.05, 3.63) is 35.6 Å². The fraction of sp³-hybridized carbons (Fsp3) is 0.417. The quantitative estimate of drug-likeness (QED) is 0.894. The van der Waals surface area contributed by atoms with Gasteiger partial charge in [-0.3, -0.25) is 4.79 Å². The van der Waals surface area contributed by atoms with E-state index >= 15 is 0 Å². The molecule has 1 saturated heterocycles. The summed E-state index contributed by atoms with van der Waals surface area (Å²) in [6.45, 7) is 1.51. The molecule has 1 atom stereocenters. The maximum Gasteiger partial charge on any atom is 0.223 e. The Morgan fingerprint density at radius 1 is 1.41 bits per heavy atom. The molecule has 0 bridgehead atoms. The van der Waals surface area contributed by atoms with Gasteiger partial charge < -0.3 is 10.6 Å². The zero-order valence-corrected chi connectivity index (χ0v) is 10.3. The molecule has 1 aromatic rings. The molecule has 5 heteroatoms. The smallest absolute Gasteiger partial charge is 0.223 e. The van der Waals surface area contributed by atoms with E-state index < -0.39 is 0 Å². The molecule has 1 unspecified atom stereocenters. The Kier molecular flexibility index (Phi) is 4.90. The molecule has 0 saturated carbocycles. The molecule has 2 rings (SSSR count). The molecule has 3 nitrogen and oxygen atoms in total. The molecular weight excluding hydrogens is 243 g/mol. The van der Waals surface area contributed by atoms with Crippen LogP contribution in [0, 0.1) is 11.7 Å². The highest BCUT2D eigenvalue weighted by atomic mass is 35.5. The average molecular weight is 259 g/mol. The molecule has 2 N–H and O–H groups in total. The van der Waals surface area contributed by atoms with Gasteiger partial charge in [-0.25, -0.2) is 4.39 Å². The molecule has 1 heterocycles. The lowest BCUT2D eigenvalue weighted by molar-refractivity contribution is -0.128. The van der Waals surface area contributed by atoms with Crippen LogP contribution in [0.3, 0.4) is 0 Å². The van der Waals surface area contributed by atoms with Crippen molar-refractivity contribution in [2.45, 2.75) is 13.0 Å². The number of nitrogens with two attached hydrogens (primary N) is 1. The van der Waals surface area contributed by atoms with Crippen LogP contribution in [-0.4, -0.2) is 23.9 Å². The second-order valence-electron chi connectivity index (χ2n) is 4.17. The van der Waals surface area contributed by atoms with Crippen molar-refractivity contribution in [2.24, 2.45) is 11.7 Å². The molecule has 0 aliphatic carbocycles. The number of benzene rings is 1. The molecule has 1 fully saturated rings. The topological polar surface area (TPSA) is 46.3 Å². The number of hydrogen-bond donors (Lipinski definition) is 1. The fourth-order valence-electron chi connectivity index (χ4n) is 2.00. The Morgan fingerprint density at radius 2 is 2.12 bits per heavy atom. The van der Waals surface area contributed by atoms with Crippen LogP contribution in [0.2, 0.25) is 0 Å². The Bertz CT molecular complexity index is 400. The molecule has 94 valence electrons. The van der Waals surface area contributed by atoms with Crippen LogP contribution >= 0.6 is 12.4 Å². The van der Waals surface area contributed by atoms with Gasteiger partial charge in [0.15, 0.2) is 0 Å². The molecule has 1 amide bonds. The number of amides is 1.